The first-order valence-corrected chi connectivity index (χ1v) is 12.3. The van der Waals surface area contributed by atoms with E-state index in [4.69, 9.17) is 11.5 Å². The van der Waals surface area contributed by atoms with Crippen LogP contribution in [0, 0.1) is 0 Å². The van der Waals surface area contributed by atoms with Gasteiger partial charge < -0.3 is 37.8 Å². The summed E-state index contributed by atoms with van der Waals surface area (Å²) in [6.45, 7) is -0.134. The standard InChI is InChI=1S/C26H33N7O5/c27-26(28)29-12-4-7-19-24(37)33-20(13-16-5-2-1-3-6-16)23(36)30-15-22(35)31-21(25(38)32-19)14-17-8-10-18(34)11-9-17/h1-3,5-6,8-11,19-21,34H,4,7,12-15H2,(H,30,36)(H,31,35)(H,32,38)(H,33,37)(H4,27,28,29)/t19-,20+,21-/m0/s1. The molecule has 2 aromatic rings. The van der Waals surface area contributed by atoms with Crippen LogP contribution < -0.4 is 32.7 Å². The topological polar surface area (TPSA) is 201 Å². The van der Waals surface area contributed by atoms with E-state index >= 15 is 0 Å². The molecular formula is C26H33N7O5. The fourth-order valence-corrected chi connectivity index (χ4v) is 3.99. The van der Waals surface area contributed by atoms with Gasteiger partial charge >= 0.3 is 0 Å². The van der Waals surface area contributed by atoms with E-state index in [-0.39, 0.29) is 44.1 Å². The number of aromatic hydroxyl groups is 1. The highest BCUT2D eigenvalue weighted by Crippen LogP contribution is 2.12. The number of nitrogens with one attached hydrogen (secondary N) is 4. The minimum atomic E-state index is -1.03. The lowest BCUT2D eigenvalue weighted by Gasteiger charge is -2.27. The summed E-state index contributed by atoms with van der Waals surface area (Å²) in [4.78, 5) is 56.1. The van der Waals surface area contributed by atoms with Gasteiger partial charge in [-0.15, -0.1) is 0 Å². The van der Waals surface area contributed by atoms with E-state index in [0.29, 0.717) is 12.0 Å². The van der Waals surface area contributed by atoms with Crippen LogP contribution in [0.25, 0.3) is 0 Å². The largest absolute Gasteiger partial charge is 0.508 e. The van der Waals surface area contributed by atoms with Crippen molar-refractivity contribution in [2.24, 2.45) is 16.5 Å². The highest BCUT2D eigenvalue weighted by Gasteiger charge is 2.31. The Labute approximate surface area is 220 Å². The summed E-state index contributed by atoms with van der Waals surface area (Å²) >= 11 is 0. The van der Waals surface area contributed by atoms with Gasteiger partial charge in [0, 0.05) is 19.4 Å². The Morgan fingerprint density at radius 2 is 1.37 bits per heavy atom. The fraction of sp³-hybridized carbons (Fsp3) is 0.346. The molecule has 202 valence electrons. The van der Waals surface area contributed by atoms with Crippen molar-refractivity contribution >= 4 is 29.6 Å². The molecule has 1 fully saturated rings. The van der Waals surface area contributed by atoms with Crippen LogP contribution in [0.1, 0.15) is 24.0 Å². The minimum absolute atomic E-state index is 0.0613. The average Bonchev–Trinajstić information content (AvgIpc) is 2.89. The van der Waals surface area contributed by atoms with Gasteiger partial charge in [-0.25, -0.2) is 0 Å². The molecule has 1 aliphatic heterocycles. The Bertz CT molecular complexity index is 1150. The molecule has 2 aromatic carbocycles. The number of nitrogens with zero attached hydrogens (tertiary/aromatic N) is 1. The van der Waals surface area contributed by atoms with Gasteiger partial charge in [-0.05, 0) is 36.1 Å². The van der Waals surface area contributed by atoms with E-state index < -0.39 is 41.8 Å². The molecule has 0 saturated carbocycles. The van der Waals surface area contributed by atoms with Crippen molar-refractivity contribution in [3.63, 3.8) is 0 Å². The molecule has 9 N–H and O–H groups in total. The van der Waals surface area contributed by atoms with E-state index in [9.17, 15) is 24.3 Å². The maximum absolute atomic E-state index is 13.3. The van der Waals surface area contributed by atoms with Crippen molar-refractivity contribution < 1.29 is 24.3 Å². The van der Waals surface area contributed by atoms with Gasteiger partial charge in [0.1, 0.15) is 23.9 Å². The smallest absolute Gasteiger partial charge is 0.243 e. The third-order valence-corrected chi connectivity index (χ3v) is 5.94. The first-order chi connectivity index (χ1) is 18.2. The van der Waals surface area contributed by atoms with Gasteiger partial charge in [0.2, 0.25) is 23.6 Å². The van der Waals surface area contributed by atoms with Gasteiger partial charge in [-0.2, -0.15) is 0 Å². The predicted molar refractivity (Wildman–Crippen MR) is 141 cm³/mol. The summed E-state index contributed by atoms with van der Waals surface area (Å²) in [6, 6.07) is 12.3. The molecule has 0 aromatic heterocycles. The highest BCUT2D eigenvalue weighted by molar-refractivity contribution is 5.96. The lowest BCUT2D eigenvalue weighted by molar-refractivity contribution is -0.135. The molecule has 0 bridgehead atoms. The molecule has 3 atom stereocenters. The average molecular weight is 524 g/mol. The molecule has 12 nitrogen and oxygen atoms in total. The first-order valence-electron chi connectivity index (χ1n) is 12.3. The second kappa shape index (κ2) is 13.6. The van der Waals surface area contributed by atoms with E-state index in [0.717, 1.165) is 5.56 Å². The summed E-state index contributed by atoms with van der Waals surface area (Å²) in [5.41, 5.74) is 12.2. The van der Waals surface area contributed by atoms with Crippen molar-refractivity contribution in [2.75, 3.05) is 13.1 Å². The SMILES string of the molecule is NC(N)=NCCC[C@@H]1NC(=O)[C@H](Cc2ccc(O)cc2)NC(=O)CNC(=O)[C@@H](Cc2ccccc2)NC1=O. The number of phenolic OH excluding ortho intramolecular Hbond substituents is 1. The Hall–Kier alpha value is -4.61. The van der Waals surface area contributed by atoms with Crippen LogP contribution in [-0.4, -0.2) is 65.9 Å². The Balaban J connectivity index is 1.84. The van der Waals surface area contributed by atoms with Crippen LogP contribution in [0.3, 0.4) is 0 Å². The quantitative estimate of drug-likeness (QED) is 0.128. The maximum atomic E-state index is 13.3. The van der Waals surface area contributed by atoms with Crippen LogP contribution in [0.15, 0.2) is 59.6 Å². The lowest BCUT2D eigenvalue weighted by atomic mass is 10.0. The van der Waals surface area contributed by atoms with Gasteiger partial charge in [0.25, 0.3) is 0 Å². The molecule has 1 aliphatic rings. The summed E-state index contributed by atoms with van der Waals surface area (Å²) in [6.07, 6.45) is 0.859. The molecule has 1 heterocycles. The summed E-state index contributed by atoms with van der Waals surface area (Å²) in [5.74, 6) is -2.24. The summed E-state index contributed by atoms with van der Waals surface area (Å²) in [7, 11) is 0. The molecule has 1 saturated heterocycles. The Morgan fingerprint density at radius 3 is 2.03 bits per heavy atom. The summed E-state index contributed by atoms with van der Waals surface area (Å²) < 4.78 is 0. The molecule has 12 heteroatoms. The zero-order chi connectivity index (χ0) is 27.5. The Kier molecular flexibility index (Phi) is 10.0. The third kappa shape index (κ3) is 8.80. The van der Waals surface area contributed by atoms with Crippen molar-refractivity contribution in [1.29, 1.82) is 0 Å². The number of amides is 4. The molecule has 38 heavy (non-hydrogen) atoms. The van der Waals surface area contributed by atoms with E-state index in [1.165, 1.54) is 12.1 Å². The van der Waals surface area contributed by atoms with E-state index in [1.54, 1.807) is 12.1 Å². The molecule has 0 radical (unpaired) electrons. The zero-order valence-corrected chi connectivity index (χ0v) is 20.9. The number of carbonyl (C=O) groups is 4. The number of aliphatic imine (C=N–C) groups is 1. The van der Waals surface area contributed by atoms with Gasteiger partial charge in [-0.3, -0.25) is 24.2 Å². The number of hydrogen-bond acceptors (Lipinski definition) is 6. The molecular weight excluding hydrogens is 490 g/mol. The van der Waals surface area contributed by atoms with E-state index in [2.05, 4.69) is 26.3 Å². The number of benzene rings is 2. The van der Waals surface area contributed by atoms with Gasteiger partial charge in [-0.1, -0.05) is 42.5 Å². The van der Waals surface area contributed by atoms with Crippen LogP contribution in [0.2, 0.25) is 0 Å². The normalized spacial score (nSPS) is 20.6. The second-order valence-electron chi connectivity index (χ2n) is 8.97. The van der Waals surface area contributed by atoms with Crippen LogP contribution in [-0.2, 0) is 32.0 Å². The van der Waals surface area contributed by atoms with Crippen molar-refractivity contribution in [3.8, 4) is 5.75 Å². The molecule has 4 amide bonds. The minimum Gasteiger partial charge on any atom is -0.508 e. The number of carbonyl (C=O) groups excluding carboxylic acids is 4. The lowest BCUT2D eigenvalue weighted by Crippen LogP contribution is -2.60. The first kappa shape index (κ1) is 28.0. The number of guanidine groups is 1. The van der Waals surface area contributed by atoms with Crippen molar-refractivity contribution in [3.05, 3.63) is 65.7 Å². The molecule has 3 rings (SSSR count). The van der Waals surface area contributed by atoms with Gasteiger partial charge in [0.15, 0.2) is 5.96 Å². The molecule has 0 aliphatic carbocycles. The molecule has 0 unspecified atom stereocenters. The number of phenols is 1. The van der Waals surface area contributed by atoms with Crippen LogP contribution in [0.4, 0.5) is 0 Å². The number of hydrogen-bond donors (Lipinski definition) is 7. The van der Waals surface area contributed by atoms with E-state index in [1.807, 2.05) is 30.3 Å². The second-order valence-corrected chi connectivity index (χ2v) is 8.97. The van der Waals surface area contributed by atoms with Crippen LogP contribution in [0.5, 0.6) is 5.75 Å². The van der Waals surface area contributed by atoms with Crippen LogP contribution >= 0.6 is 0 Å². The number of rotatable bonds is 8. The highest BCUT2D eigenvalue weighted by atomic mass is 16.3. The van der Waals surface area contributed by atoms with Crippen molar-refractivity contribution in [2.45, 2.75) is 43.8 Å². The Morgan fingerprint density at radius 1 is 0.789 bits per heavy atom. The van der Waals surface area contributed by atoms with Crippen molar-refractivity contribution in [1.82, 2.24) is 21.3 Å². The predicted octanol–water partition coefficient (Wildman–Crippen LogP) is -1.18. The summed E-state index contributed by atoms with van der Waals surface area (Å²) in [5, 5.41) is 20.2. The molecule has 0 spiro atoms. The number of nitrogens with two attached hydrogens (primary N) is 2. The zero-order valence-electron chi connectivity index (χ0n) is 20.9. The fourth-order valence-electron chi connectivity index (χ4n) is 3.99. The van der Waals surface area contributed by atoms with Gasteiger partial charge in [0.05, 0.1) is 6.54 Å². The monoisotopic (exact) mass is 523 g/mol. The third-order valence-electron chi connectivity index (χ3n) is 5.94. The maximum Gasteiger partial charge on any atom is 0.243 e.